The minimum Gasteiger partial charge on any atom is -0.462 e. The van der Waals surface area contributed by atoms with Crippen LogP contribution in [0.5, 0.6) is 0 Å². The molecule has 1 aliphatic carbocycles. The third-order valence-electron chi connectivity index (χ3n) is 7.58. The third-order valence-corrected chi connectivity index (χ3v) is 8.75. The maximum Gasteiger partial charge on any atom is 0.341 e. The largest absolute Gasteiger partial charge is 0.462 e. The van der Waals surface area contributed by atoms with E-state index in [9.17, 15) is 9.59 Å². The van der Waals surface area contributed by atoms with Crippen molar-refractivity contribution in [3.63, 3.8) is 0 Å². The van der Waals surface area contributed by atoms with Gasteiger partial charge in [0.1, 0.15) is 5.00 Å². The van der Waals surface area contributed by atoms with E-state index in [0.717, 1.165) is 52.5 Å². The molecule has 1 aliphatic rings. The van der Waals surface area contributed by atoms with Gasteiger partial charge in [0.25, 0.3) is 5.91 Å². The zero-order valence-corrected chi connectivity index (χ0v) is 23.5. The molecule has 0 saturated carbocycles. The highest BCUT2D eigenvalue weighted by Crippen LogP contribution is 2.44. The fourth-order valence-corrected chi connectivity index (χ4v) is 6.67. The van der Waals surface area contributed by atoms with Crippen LogP contribution in [0.2, 0.25) is 0 Å². The number of aromatic nitrogens is 1. The standard InChI is InChI=1S/C32H34N2O3S/c1-6-37-31(36)28-23-16-15-20(32(3,4)5)17-27(23)38-30(28)34-29(35)24-18-26(21-12-8-7-11-19(21)2)33-25-14-10-9-13-22(24)25/h7-14,18,20H,6,15-17H2,1-5H3,(H,34,35)/t20-/m1/s1. The van der Waals surface area contributed by atoms with Crippen LogP contribution in [0.3, 0.4) is 0 Å². The minimum absolute atomic E-state index is 0.178. The van der Waals surface area contributed by atoms with Gasteiger partial charge < -0.3 is 10.1 Å². The number of ether oxygens (including phenoxy) is 1. The second-order valence-corrected chi connectivity index (χ2v) is 12.2. The summed E-state index contributed by atoms with van der Waals surface area (Å²) < 4.78 is 5.44. The number of hydrogen-bond acceptors (Lipinski definition) is 5. The number of amides is 1. The Morgan fingerprint density at radius 2 is 1.84 bits per heavy atom. The molecular formula is C32H34N2O3S. The molecule has 0 radical (unpaired) electrons. The SMILES string of the molecule is CCOC(=O)c1c(NC(=O)c2cc(-c3ccccc3C)nc3ccccc23)sc2c1CC[C@@H](C(C)(C)C)C2. The molecule has 0 saturated heterocycles. The molecule has 4 aromatic rings. The number of fused-ring (bicyclic) bond motifs is 2. The first kappa shape index (κ1) is 26.1. The second kappa shape index (κ2) is 10.3. The monoisotopic (exact) mass is 526 g/mol. The summed E-state index contributed by atoms with van der Waals surface area (Å²) >= 11 is 1.52. The number of thiophene rings is 1. The summed E-state index contributed by atoms with van der Waals surface area (Å²) in [5, 5.41) is 4.46. The van der Waals surface area contributed by atoms with Crippen molar-refractivity contribution in [2.45, 2.75) is 53.9 Å². The van der Waals surface area contributed by atoms with E-state index in [2.05, 4.69) is 26.1 Å². The molecule has 5 rings (SSSR count). The van der Waals surface area contributed by atoms with Crippen LogP contribution in [0.25, 0.3) is 22.2 Å². The van der Waals surface area contributed by atoms with Gasteiger partial charge in [0.2, 0.25) is 0 Å². The number of rotatable bonds is 5. The van der Waals surface area contributed by atoms with E-state index in [4.69, 9.17) is 9.72 Å². The van der Waals surface area contributed by atoms with Crippen LogP contribution in [0, 0.1) is 18.3 Å². The summed E-state index contributed by atoms with van der Waals surface area (Å²) in [5.41, 5.74) is 5.83. The van der Waals surface area contributed by atoms with Gasteiger partial charge in [-0.05, 0) is 67.7 Å². The fraction of sp³-hybridized carbons (Fsp3) is 0.344. The highest BCUT2D eigenvalue weighted by Gasteiger charge is 2.34. The van der Waals surface area contributed by atoms with Gasteiger partial charge in [-0.1, -0.05) is 63.2 Å². The Morgan fingerprint density at radius 1 is 1.11 bits per heavy atom. The number of benzene rings is 2. The maximum atomic E-state index is 13.9. The second-order valence-electron chi connectivity index (χ2n) is 11.1. The number of aryl methyl sites for hydroxylation is 1. The van der Waals surface area contributed by atoms with E-state index in [1.54, 1.807) is 6.92 Å². The van der Waals surface area contributed by atoms with Crippen LogP contribution in [0.1, 0.15) is 70.8 Å². The lowest BCUT2D eigenvalue weighted by atomic mass is 9.72. The Hall–Kier alpha value is -3.51. The minimum atomic E-state index is -0.366. The number of carbonyl (C=O) groups excluding carboxylic acids is 2. The van der Waals surface area contributed by atoms with Gasteiger partial charge in [0.15, 0.2) is 0 Å². The molecule has 0 aliphatic heterocycles. The lowest BCUT2D eigenvalue weighted by Crippen LogP contribution is -2.26. The van der Waals surface area contributed by atoms with Crippen molar-refractivity contribution in [1.82, 2.24) is 4.98 Å². The summed E-state index contributed by atoms with van der Waals surface area (Å²) in [6.45, 7) is 10.9. The Morgan fingerprint density at radius 3 is 2.58 bits per heavy atom. The Kier molecular flexibility index (Phi) is 7.10. The van der Waals surface area contributed by atoms with Crippen molar-refractivity contribution in [3.8, 4) is 11.3 Å². The van der Waals surface area contributed by atoms with Crippen LogP contribution >= 0.6 is 11.3 Å². The Bertz CT molecular complexity index is 1530. The van der Waals surface area contributed by atoms with E-state index >= 15 is 0 Å². The molecule has 0 unspecified atom stereocenters. The average Bonchev–Trinajstić information content (AvgIpc) is 3.25. The molecule has 38 heavy (non-hydrogen) atoms. The zero-order chi connectivity index (χ0) is 27.0. The normalized spacial score (nSPS) is 15.2. The average molecular weight is 527 g/mol. The van der Waals surface area contributed by atoms with Crippen LogP contribution in [-0.4, -0.2) is 23.5 Å². The molecule has 0 bridgehead atoms. The van der Waals surface area contributed by atoms with Crippen molar-refractivity contribution in [2.24, 2.45) is 11.3 Å². The number of anilines is 1. The number of para-hydroxylation sites is 1. The van der Waals surface area contributed by atoms with Crippen molar-refractivity contribution in [2.75, 3.05) is 11.9 Å². The molecule has 1 atom stereocenters. The van der Waals surface area contributed by atoms with E-state index in [-0.39, 0.29) is 23.9 Å². The first-order valence-corrected chi connectivity index (χ1v) is 14.1. The lowest BCUT2D eigenvalue weighted by molar-refractivity contribution is 0.0526. The molecule has 2 heterocycles. The highest BCUT2D eigenvalue weighted by atomic mass is 32.1. The van der Waals surface area contributed by atoms with Gasteiger partial charge in [-0.15, -0.1) is 11.3 Å². The van der Waals surface area contributed by atoms with Crippen molar-refractivity contribution in [1.29, 1.82) is 0 Å². The van der Waals surface area contributed by atoms with Crippen molar-refractivity contribution < 1.29 is 14.3 Å². The van der Waals surface area contributed by atoms with Crippen LogP contribution in [0.4, 0.5) is 5.00 Å². The first-order chi connectivity index (χ1) is 18.2. The van der Waals surface area contributed by atoms with Crippen molar-refractivity contribution >= 4 is 39.1 Å². The van der Waals surface area contributed by atoms with Gasteiger partial charge in [0.05, 0.1) is 28.9 Å². The third kappa shape index (κ3) is 4.97. The van der Waals surface area contributed by atoms with E-state index in [0.29, 0.717) is 22.0 Å². The molecule has 6 heteroatoms. The molecule has 5 nitrogen and oxygen atoms in total. The Balaban J connectivity index is 1.57. The zero-order valence-electron chi connectivity index (χ0n) is 22.7. The van der Waals surface area contributed by atoms with Gasteiger partial charge >= 0.3 is 5.97 Å². The molecule has 2 aromatic carbocycles. The van der Waals surface area contributed by atoms with E-state index in [1.165, 1.54) is 16.2 Å². The molecule has 1 amide bonds. The molecule has 1 N–H and O–H groups in total. The number of nitrogens with one attached hydrogen (secondary N) is 1. The van der Waals surface area contributed by atoms with Crippen LogP contribution in [0.15, 0.2) is 54.6 Å². The lowest BCUT2D eigenvalue weighted by Gasteiger charge is -2.33. The molecule has 2 aromatic heterocycles. The van der Waals surface area contributed by atoms with Gasteiger partial charge in [0, 0.05) is 15.8 Å². The predicted octanol–water partition coefficient (Wildman–Crippen LogP) is 7.85. The number of pyridine rings is 1. The topological polar surface area (TPSA) is 68.3 Å². The number of esters is 1. The first-order valence-electron chi connectivity index (χ1n) is 13.3. The fourth-order valence-electron chi connectivity index (χ4n) is 5.36. The smallest absolute Gasteiger partial charge is 0.341 e. The van der Waals surface area contributed by atoms with Gasteiger partial charge in [-0.25, -0.2) is 9.78 Å². The molecule has 0 spiro atoms. The van der Waals surface area contributed by atoms with Crippen molar-refractivity contribution in [3.05, 3.63) is 81.7 Å². The summed E-state index contributed by atoms with van der Waals surface area (Å²) in [7, 11) is 0. The molecular weight excluding hydrogens is 492 g/mol. The summed E-state index contributed by atoms with van der Waals surface area (Å²) in [6, 6.07) is 17.6. The van der Waals surface area contributed by atoms with E-state index in [1.807, 2.05) is 61.5 Å². The summed E-state index contributed by atoms with van der Waals surface area (Å²) in [6.07, 6.45) is 2.73. The number of carbonyl (C=O) groups is 2. The summed E-state index contributed by atoms with van der Waals surface area (Å²) in [4.78, 5) is 33.0. The number of hydrogen-bond donors (Lipinski definition) is 1. The van der Waals surface area contributed by atoms with Gasteiger partial charge in [-0.2, -0.15) is 0 Å². The van der Waals surface area contributed by atoms with Crippen LogP contribution < -0.4 is 5.32 Å². The van der Waals surface area contributed by atoms with E-state index < -0.39 is 0 Å². The van der Waals surface area contributed by atoms with Crippen LogP contribution in [-0.2, 0) is 17.6 Å². The quantitative estimate of drug-likeness (QED) is 0.269. The molecule has 196 valence electrons. The Labute approximate surface area is 228 Å². The predicted molar refractivity (Wildman–Crippen MR) is 155 cm³/mol. The highest BCUT2D eigenvalue weighted by molar-refractivity contribution is 7.17. The summed E-state index contributed by atoms with van der Waals surface area (Å²) in [5.74, 6) is -0.0993. The van der Waals surface area contributed by atoms with Gasteiger partial charge in [-0.3, -0.25) is 4.79 Å². The maximum absolute atomic E-state index is 13.9. The molecule has 0 fully saturated rings. The number of nitrogens with zero attached hydrogens (tertiary/aromatic N) is 1.